The fraction of sp³-hybridized carbons (Fsp3) is 0.133. The molecule has 2 aromatic carbocycles. The molecule has 0 fully saturated rings. The van der Waals surface area contributed by atoms with Gasteiger partial charge < -0.3 is 5.32 Å². The van der Waals surface area contributed by atoms with E-state index in [-0.39, 0.29) is 17.3 Å². The number of hydrogen-bond donors (Lipinski definition) is 1. The van der Waals surface area contributed by atoms with Gasteiger partial charge in [-0.3, -0.25) is 10.1 Å². The highest BCUT2D eigenvalue weighted by molar-refractivity contribution is 5.59. The number of nitro benzene ring substituents is 1. The van der Waals surface area contributed by atoms with E-state index in [1.165, 1.54) is 24.3 Å². The van der Waals surface area contributed by atoms with Crippen LogP contribution >= 0.6 is 0 Å². The van der Waals surface area contributed by atoms with Crippen LogP contribution in [0.4, 0.5) is 15.8 Å². The number of nitriles is 1. The minimum absolute atomic E-state index is 0.0131. The van der Waals surface area contributed by atoms with E-state index < -0.39 is 10.7 Å². The second-order valence-corrected chi connectivity index (χ2v) is 4.49. The maximum atomic E-state index is 13.5. The van der Waals surface area contributed by atoms with Crippen LogP contribution in [-0.4, -0.2) is 4.92 Å². The van der Waals surface area contributed by atoms with Crippen molar-refractivity contribution in [1.82, 2.24) is 0 Å². The van der Waals surface area contributed by atoms with Crippen LogP contribution < -0.4 is 5.32 Å². The van der Waals surface area contributed by atoms with Crippen LogP contribution in [0, 0.1) is 27.3 Å². The highest BCUT2D eigenvalue weighted by Gasteiger charge is 2.14. The molecule has 0 amide bonds. The van der Waals surface area contributed by atoms with Crippen molar-refractivity contribution in [2.24, 2.45) is 0 Å². The summed E-state index contributed by atoms with van der Waals surface area (Å²) in [5, 5.41) is 22.8. The van der Waals surface area contributed by atoms with Crippen molar-refractivity contribution >= 4 is 11.4 Å². The van der Waals surface area contributed by atoms with Gasteiger partial charge in [-0.2, -0.15) is 5.26 Å². The lowest BCUT2D eigenvalue weighted by atomic mass is 10.1. The minimum atomic E-state index is -0.603. The van der Waals surface area contributed by atoms with Crippen molar-refractivity contribution in [3.05, 3.63) is 69.5 Å². The smallest absolute Gasteiger partial charge is 0.269 e. The van der Waals surface area contributed by atoms with Gasteiger partial charge in [-0.1, -0.05) is 18.2 Å². The van der Waals surface area contributed by atoms with Crippen LogP contribution in [0.1, 0.15) is 24.1 Å². The summed E-state index contributed by atoms with van der Waals surface area (Å²) >= 11 is 0. The lowest BCUT2D eigenvalue weighted by Gasteiger charge is -2.16. The number of non-ortho nitro benzene ring substituents is 1. The van der Waals surface area contributed by atoms with Gasteiger partial charge in [-0.15, -0.1) is 0 Å². The Hall–Kier alpha value is -2.94. The third kappa shape index (κ3) is 3.15. The molecule has 106 valence electrons. The Kier molecular flexibility index (Phi) is 4.14. The standard InChI is InChI=1S/C15H12FN3O2/c1-10(11-4-2-5-12(8-11)19(20)21)18-15-7-3-6-14(16)13(15)9-17/h2-8,10,18H,1H3. The Labute approximate surface area is 120 Å². The highest BCUT2D eigenvalue weighted by atomic mass is 19.1. The second kappa shape index (κ2) is 6.01. The Balaban J connectivity index is 2.29. The van der Waals surface area contributed by atoms with Gasteiger partial charge in [0, 0.05) is 18.2 Å². The molecule has 0 aromatic heterocycles. The summed E-state index contributed by atoms with van der Waals surface area (Å²) in [6.45, 7) is 1.78. The minimum Gasteiger partial charge on any atom is -0.377 e. The lowest BCUT2D eigenvalue weighted by Crippen LogP contribution is -2.08. The molecule has 0 heterocycles. The van der Waals surface area contributed by atoms with Gasteiger partial charge in [-0.05, 0) is 24.6 Å². The maximum Gasteiger partial charge on any atom is 0.269 e. The maximum absolute atomic E-state index is 13.5. The van der Waals surface area contributed by atoms with Gasteiger partial charge in [0.15, 0.2) is 0 Å². The number of nitrogens with zero attached hydrogens (tertiary/aromatic N) is 2. The highest BCUT2D eigenvalue weighted by Crippen LogP contribution is 2.25. The Bertz CT molecular complexity index is 725. The number of hydrogen-bond acceptors (Lipinski definition) is 4. The molecule has 1 N–H and O–H groups in total. The first-order valence-electron chi connectivity index (χ1n) is 6.22. The van der Waals surface area contributed by atoms with Gasteiger partial charge in [0.05, 0.1) is 10.6 Å². The fourth-order valence-electron chi connectivity index (χ4n) is 1.98. The Morgan fingerprint density at radius 2 is 2.05 bits per heavy atom. The van der Waals surface area contributed by atoms with Crippen LogP contribution in [0.15, 0.2) is 42.5 Å². The van der Waals surface area contributed by atoms with E-state index in [0.717, 1.165) is 0 Å². The first-order valence-corrected chi connectivity index (χ1v) is 6.22. The molecule has 2 aromatic rings. The van der Waals surface area contributed by atoms with Crippen molar-refractivity contribution in [3.8, 4) is 6.07 Å². The molecule has 5 nitrogen and oxygen atoms in total. The molecule has 1 atom stereocenters. The summed E-state index contributed by atoms with van der Waals surface area (Å²) in [5.41, 5.74) is 0.949. The zero-order chi connectivity index (χ0) is 15.4. The molecule has 0 spiro atoms. The van der Waals surface area contributed by atoms with E-state index in [1.807, 2.05) is 0 Å². The van der Waals surface area contributed by atoms with E-state index >= 15 is 0 Å². The topological polar surface area (TPSA) is 79.0 Å². The summed E-state index contributed by atoms with van der Waals surface area (Å²) in [5.74, 6) is -0.603. The van der Waals surface area contributed by atoms with Crippen molar-refractivity contribution in [3.63, 3.8) is 0 Å². The number of rotatable bonds is 4. The third-order valence-corrected chi connectivity index (χ3v) is 3.08. The Morgan fingerprint density at radius 3 is 2.71 bits per heavy atom. The SMILES string of the molecule is CC(Nc1cccc(F)c1C#N)c1cccc([N+](=O)[O-])c1. The molecular weight excluding hydrogens is 273 g/mol. The number of anilines is 1. The average Bonchev–Trinajstić information content (AvgIpc) is 2.47. The van der Waals surface area contributed by atoms with Crippen LogP contribution in [0.5, 0.6) is 0 Å². The van der Waals surface area contributed by atoms with Crippen molar-refractivity contribution in [2.45, 2.75) is 13.0 Å². The quantitative estimate of drug-likeness (QED) is 0.685. The van der Waals surface area contributed by atoms with Gasteiger partial charge in [-0.25, -0.2) is 4.39 Å². The third-order valence-electron chi connectivity index (χ3n) is 3.08. The largest absolute Gasteiger partial charge is 0.377 e. The molecule has 6 heteroatoms. The van der Waals surface area contributed by atoms with E-state index in [9.17, 15) is 14.5 Å². The molecule has 0 radical (unpaired) electrons. The number of benzene rings is 2. The predicted octanol–water partition coefficient (Wildman–Crippen LogP) is 3.78. The van der Waals surface area contributed by atoms with Gasteiger partial charge >= 0.3 is 0 Å². The van der Waals surface area contributed by atoms with Crippen molar-refractivity contribution in [2.75, 3.05) is 5.32 Å². The summed E-state index contributed by atoms with van der Waals surface area (Å²) < 4.78 is 13.5. The van der Waals surface area contributed by atoms with E-state index in [0.29, 0.717) is 11.3 Å². The van der Waals surface area contributed by atoms with Gasteiger partial charge in [0.1, 0.15) is 17.4 Å². The van der Waals surface area contributed by atoms with Gasteiger partial charge in [0.2, 0.25) is 0 Å². The van der Waals surface area contributed by atoms with Crippen molar-refractivity contribution in [1.29, 1.82) is 5.26 Å². The van der Waals surface area contributed by atoms with Crippen LogP contribution in [0.3, 0.4) is 0 Å². The van der Waals surface area contributed by atoms with E-state index in [4.69, 9.17) is 5.26 Å². The summed E-state index contributed by atoms with van der Waals surface area (Å²) in [7, 11) is 0. The monoisotopic (exact) mass is 285 g/mol. The average molecular weight is 285 g/mol. The lowest BCUT2D eigenvalue weighted by molar-refractivity contribution is -0.384. The predicted molar refractivity (Wildman–Crippen MR) is 76.2 cm³/mol. The first-order chi connectivity index (χ1) is 10.0. The summed E-state index contributed by atoms with van der Waals surface area (Å²) in [6, 6.07) is 12.0. The normalized spacial score (nSPS) is 11.5. The number of nitrogens with one attached hydrogen (secondary N) is 1. The zero-order valence-electron chi connectivity index (χ0n) is 11.2. The molecule has 0 saturated heterocycles. The summed E-state index contributed by atoms with van der Waals surface area (Å²) in [4.78, 5) is 10.3. The molecule has 21 heavy (non-hydrogen) atoms. The van der Waals surface area contributed by atoms with Crippen LogP contribution in [0.25, 0.3) is 0 Å². The fourth-order valence-corrected chi connectivity index (χ4v) is 1.98. The number of nitro groups is 1. The molecule has 1 unspecified atom stereocenters. The van der Waals surface area contributed by atoms with E-state index in [2.05, 4.69) is 5.32 Å². The molecule has 0 aliphatic rings. The molecule has 0 bridgehead atoms. The summed E-state index contributed by atoms with van der Waals surface area (Å²) in [6.07, 6.45) is 0. The number of halogens is 1. The molecule has 0 saturated carbocycles. The molecular formula is C15H12FN3O2. The van der Waals surface area contributed by atoms with Crippen LogP contribution in [0.2, 0.25) is 0 Å². The Morgan fingerprint density at radius 1 is 1.33 bits per heavy atom. The zero-order valence-corrected chi connectivity index (χ0v) is 11.2. The first kappa shape index (κ1) is 14.5. The molecule has 2 rings (SSSR count). The van der Waals surface area contributed by atoms with Crippen LogP contribution in [-0.2, 0) is 0 Å². The molecule has 0 aliphatic heterocycles. The van der Waals surface area contributed by atoms with E-state index in [1.54, 1.807) is 31.2 Å². The molecule has 0 aliphatic carbocycles. The van der Waals surface area contributed by atoms with Crippen molar-refractivity contribution < 1.29 is 9.31 Å². The van der Waals surface area contributed by atoms with Gasteiger partial charge in [0.25, 0.3) is 5.69 Å². The second-order valence-electron chi connectivity index (χ2n) is 4.49.